The lowest BCUT2D eigenvalue weighted by Gasteiger charge is -2.27. The number of hydrogen-bond donors (Lipinski definition) is 2. The van der Waals surface area contributed by atoms with E-state index in [-0.39, 0.29) is 17.7 Å². The van der Waals surface area contributed by atoms with Gasteiger partial charge in [0, 0.05) is 11.4 Å². The maximum absolute atomic E-state index is 12.3. The van der Waals surface area contributed by atoms with Crippen LogP contribution in [0.25, 0.3) is 0 Å². The van der Waals surface area contributed by atoms with Gasteiger partial charge >= 0.3 is 0 Å². The highest BCUT2D eigenvalue weighted by Crippen LogP contribution is 2.28. The number of aromatic hydroxyl groups is 1. The monoisotopic (exact) mass is 316 g/mol. The Morgan fingerprint density at radius 3 is 2.68 bits per heavy atom. The van der Waals surface area contributed by atoms with E-state index in [1.165, 1.54) is 23.8 Å². The molecule has 1 aromatic carbocycles. The second kappa shape index (κ2) is 6.94. The third-order valence-corrected chi connectivity index (χ3v) is 5.03. The number of likely N-dealkylation sites (tertiary alicyclic amines) is 1. The van der Waals surface area contributed by atoms with Crippen molar-refractivity contribution in [2.24, 2.45) is 0 Å². The summed E-state index contributed by atoms with van der Waals surface area (Å²) in [5.41, 5.74) is 0.328. The van der Waals surface area contributed by atoms with E-state index in [0.29, 0.717) is 12.1 Å². The van der Waals surface area contributed by atoms with E-state index in [1.54, 1.807) is 29.5 Å². The van der Waals surface area contributed by atoms with Crippen LogP contribution in [0.4, 0.5) is 0 Å². The number of phenolic OH excluding ortho intramolecular Hbond substituents is 1. The SMILES string of the molecule is O=C(NCC(c1cccs1)N1CCCC1)c1ccccc1O. The van der Waals surface area contributed by atoms with Crippen molar-refractivity contribution < 1.29 is 9.90 Å². The molecule has 1 aromatic heterocycles. The quantitative estimate of drug-likeness (QED) is 0.891. The summed E-state index contributed by atoms with van der Waals surface area (Å²) in [4.78, 5) is 16.0. The topological polar surface area (TPSA) is 52.6 Å². The first kappa shape index (κ1) is 15.1. The van der Waals surface area contributed by atoms with Gasteiger partial charge < -0.3 is 10.4 Å². The van der Waals surface area contributed by atoms with Crippen molar-refractivity contribution in [2.75, 3.05) is 19.6 Å². The van der Waals surface area contributed by atoms with Gasteiger partial charge in [-0.05, 0) is 49.5 Å². The minimum absolute atomic E-state index is 0.0221. The minimum Gasteiger partial charge on any atom is -0.507 e. The van der Waals surface area contributed by atoms with Crippen LogP contribution in [0.1, 0.15) is 34.1 Å². The van der Waals surface area contributed by atoms with E-state index in [1.807, 2.05) is 6.07 Å². The van der Waals surface area contributed by atoms with Crippen LogP contribution in [-0.2, 0) is 0 Å². The van der Waals surface area contributed by atoms with Crippen molar-refractivity contribution in [3.05, 3.63) is 52.2 Å². The molecule has 1 saturated heterocycles. The third-order valence-electron chi connectivity index (χ3n) is 4.06. The Balaban J connectivity index is 1.69. The number of amides is 1. The molecule has 22 heavy (non-hydrogen) atoms. The second-order valence-corrected chi connectivity index (χ2v) is 6.48. The molecule has 0 spiro atoms. The van der Waals surface area contributed by atoms with E-state index in [9.17, 15) is 9.90 Å². The molecule has 0 bridgehead atoms. The maximum atomic E-state index is 12.3. The van der Waals surface area contributed by atoms with Crippen LogP contribution in [0.3, 0.4) is 0 Å². The molecule has 2 heterocycles. The lowest BCUT2D eigenvalue weighted by Crippen LogP contribution is -2.36. The number of para-hydroxylation sites is 1. The molecule has 1 aliphatic rings. The first-order valence-corrected chi connectivity index (χ1v) is 8.47. The standard InChI is InChI=1S/C17H20N2O2S/c20-15-7-2-1-6-13(15)17(21)18-12-14(16-8-5-11-22-16)19-9-3-4-10-19/h1-2,5-8,11,14,20H,3-4,9-10,12H2,(H,18,21). The van der Waals surface area contributed by atoms with Crippen LogP contribution >= 0.6 is 11.3 Å². The van der Waals surface area contributed by atoms with Crippen molar-refractivity contribution in [2.45, 2.75) is 18.9 Å². The van der Waals surface area contributed by atoms with Crippen LogP contribution < -0.4 is 5.32 Å². The number of benzene rings is 1. The van der Waals surface area contributed by atoms with Crippen LogP contribution in [-0.4, -0.2) is 35.5 Å². The fourth-order valence-electron chi connectivity index (χ4n) is 2.89. The summed E-state index contributed by atoms with van der Waals surface area (Å²) in [6, 6.07) is 11.0. The van der Waals surface area contributed by atoms with Gasteiger partial charge in [-0.2, -0.15) is 0 Å². The van der Waals surface area contributed by atoms with Crippen molar-refractivity contribution >= 4 is 17.2 Å². The van der Waals surface area contributed by atoms with Gasteiger partial charge in [0.05, 0.1) is 11.6 Å². The highest BCUT2D eigenvalue weighted by molar-refractivity contribution is 7.10. The average Bonchev–Trinajstić information content (AvgIpc) is 3.21. The van der Waals surface area contributed by atoms with Gasteiger partial charge in [-0.1, -0.05) is 18.2 Å². The lowest BCUT2D eigenvalue weighted by atomic mass is 10.1. The van der Waals surface area contributed by atoms with Crippen LogP contribution in [0.15, 0.2) is 41.8 Å². The summed E-state index contributed by atoms with van der Waals surface area (Å²) in [5, 5.41) is 14.8. The van der Waals surface area contributed by atoms with Gasteiger partial charge in [0.2, 0.25) is 0 Å². The summed E-state index contributed by atoms with van der Waals surface area (Å²) in [6.45, 7) is 2.72. The number of thiophene rings is 1. The Bertz CT molecular complexity index is 621. The fraction of sp³-hybridized carbons (Fsp3) is 0.353. The van der Waals surface area contributed by atoms with Gasteiger partial charge in [-0.15, -0.1) is 11.3 Å². The third kappa shape index (κ3) is 3.31. The van der Waals surface area contributed by atoms with Crippen molar-refractivity contribution in [1.82, 2.24) is 10.2 Å². The minimum atomic E-state index is -0.223. The molecule has 1 fully saturated rings. The summed E-state index contributed by atoms with van der Waals surface area (Å²) in [6.07, 6.45) is 2.44. The molecule has 116 valence electrons. The van der Waals surface area contributed by atoms with Gasteiger partial charge in [0.25, 0.3) is 5.91 Å². The molecule has 1 unspecified atom stereocenters. The summed E-state index contributed by atoms with van der Waals surface area (Å²) in [5.74, 6) is -0.201. The predicted octanol–water partition coefficient (Wildman–Crippen LogP) is 3.02. The van der Waals surface area contributed by atoms with Crippen LogP contribution in [0, 0.1) is 0 Å². The molecule has 1 amide bonds. The maximum Gasteiger partial charge on any atom is 0.255 e. The average molecular weight is 316 g/mol. The molecule has 0 radical (unpaired) electrons. The van der Waals surface area contributed by atoms with Crippen molar-refractivity contribution in [1.29, 1.82) is 0 Å². The number of carbonyl (C=O) groups is 1. The summed E-state index contributed by atoms with van der Waals surface area (Å²) >= 11 is 1.73. The largest absolute Gasteiger partial charge is 0.507 e. The number of carbonyl (C=O) groups excluding carboxylic acids is 1. The summed E-state index contributed by atoms with van der Waals surface area (Å²) < 4.78 is 0. The molecule has 3 rings (SSSR count). The zero-order valence-electron chi connectivity index (χ0n) is 12.4. The Morgan fingerprint density at radius 1 is 1.23 bits per heavy atom. The summed E-state index contributed by atoms with van der Waals surface area (Å²) in [7, 11) is 0. The highest BCUT2D eigenvalue weighted by Gasteiger charge is 2.25. The molecule has 0 saturated carbocycles. The molecular weight excluding hydrogens is 296 g/mol. The van der Waals surface area contributed by atoms with Crippen LogP contribution in [0.2, 0.25) is 0 Å². The number of phenols is 1. The zero-order valence-corrected chi connectivity index (χ0v) is 13.2. The van der Waals surface area contributed by atoms with Gasteiger partial charge in [0.15, 0.2) is 0 Å². The Hall–Kier alpha value is -1.85. The number of nitrogens with one attached hydrogen (secondary N) is 1. The molecule has 1 atom stereocenters. The predicted molar refractivity (Wildman–Crippen MR) is 88.3 cm³/mol. The van der Waals surface area contributed by atoms with E-state index >= 15 is 0 Å². The Kier molecular flexibility index (Phi) is 4.75. The number of nitrogens with zero attached hydrogens (tertiary/aromatic N) is 1. The normalized spacial score (nSPS) is 16.5. The van der Waals surface area contributed by atoms with Gasteiger partial charge in [-0.3, -0.25) is 9.69 Å². The lowest BCUT2D eigenvalue weighted by molar-refractivity contribution is 0.0936. The van der Waals surface area contributed by atoms with Gasteiger partial charge in [0.1, 0.15) is 5.75 Å². The fourth-order valence-corrected chi connectivity index (χ4v) is 3.75. The Morgan fingerprint density at radius 2 is 2.00 bits per heavy atom. The first-order chi connectivity index (χ1) is 10.8. The number of rotatable bonds is 5. The van der Waals surface area contributed by atoms with Crippen LogP contribution in [0.5, 0.6) is 5.75 Å². The van der Waals surface area contributed by atoms with Crippen molar-refractivity contribution in [3.63, 3.8) is 0 Å². The smallest absolute Gasteiger partial charge is 0.255 e. The highest BCUT2D eigenvalue weighted by atomic mass is 32.1. The first-order valence-electron chi connectivity index (χ1n) is 7.59. The number of hydrogen-bond acceptors (Lipinski definition) is 4. The molecular formula is C17H20N2O2S. The van der Waals surface area contributed by atoms with Gasteiger partial charge in [-0.25, -0.2) is 0 Å². The van der Waals surface area contributed by atoms with E-state index in [0.717, 1.165) is 13.1 Å². The molecule has 0 aliphatic carbocycles. The Labute approximate surface area is 134 Å². The molecule has 2 aromatic rings. The second-order valence-electron chi connectivity index (χ2n) is 5.50. The van der Waals surface area contributed by atoms with E-state index < -0.39 is 0 Å². The zero-order chi connectivity index (χ0) is 15.4. The molecule has 5 heteroatoms. The van der Waals surface area contributed by atoms with E-state index in [2.05, 4.69) is 21.7 Å². The molecule has 4 nitrogen and oxygen atoms in total. The molecule has 2 N–H and O–H groups in total. The molecule has 1 aliphatic heterocycles. The van der Waals surface area contributed by atoms with E-state index in [4.69, 9.17) is 0 Å². The van der Waals surface area contributed by atoms with Crippen molar-refractivity contribution in [3.8, 4) is 5.75 Å².